The second kappa shape index (κ2) is 14.1. The Morgan fingerprint density at radius 1 is 0.493 bits per heavy atom. The van der Waals surface area contributed by atoms with Crippen molar-refractivity contribution >= 4 is 85.5 Å². The molecule has 0 amide bonds. The Bertz CT molecular complexity index is 3420. The van der Waals surface area contributed by atoms with Gasteiger partial charge in [0.15, 0.2) is 0 Å². The zero-order chi connectivity index (χ0) is 47.7. The summed E-state index contributed by atoms with van der Waals surface area (Å²) in [6.07, 6.45) is 4.63. The molecular formula is C64H64BN3O. The van der Waals surface area contributed by atoms with Crippen LogP contribution in [0.3, 0.4) is 0 Å². The maximum atomic E-state index is 7.46. The molecule has 2 aliphatic carbocycles. The molecule has 0 saturated carbocycles. The molecule has 13 rings (SSSR count). The molecule has 344 valence electrons. The molecule has 0 fully saturated rings. The summed E-state index contributed by atoms with van der Waals surface area (Å²) in [6.45, 7) is 26.5. The predicted molar refractivity (Wildman–Crippen MR) is 293 cm³/mol. The largest absolute Gasteiger partial charge is 0.468 e. The molecule has 0 saturated heterocycles. The van der Waals surface area contributed by atoms with E-state index in [0.29, 0.717) is 0 Å². The van der Waals surface area contributed by atoms with Crippen molar-refractivity contribution in [2.24, 2.45) is 0 Å². The predicted octanol–water partition coefficient (Wildman–Crippen LogP) is 16.0. The minimum Gasteiger partial charge on any atom is -0.468 e. The van der Waals surface area contributed by atoms with Gasteiger partial charge in [0.1, 0.15) is 5.58 Å². The monoisotopic (exact) mass is 902 g/mol. The molecule has 69 heavy (non-hydrogen) atoms. The first-order valence-corrected chi connectivity index (χ1v) is 25.6. The number of hydrogen-bond donors (Lipinski definition) is 0. The first-order valence-electron chi connectivity index (χ1n) is 25.6. The molecule has 0 spiro atoms. The number of fused-ring (bicyclic) bond motifs is 9. The van der Waals surface area contributed by atoms with Crippen molar-refractivity contribution in [3.63, 3.8) is 0 Å². The van der Waals surface area contributed by atoms with E-state index in [4.69, 9.17) is 4.42 Å². The molecule has 0 unspecified atom stereocenters. The quantitative estimate of drug-likeness (QED) is 0.164. The molecular weight excluding hydrogens is 838 g/mol. The normalized spacial score (nSPS) is 18.2. The van der Waals surface area contributed by atoms with E-state index in [-0.39, 0.29) is 33.8 Å². The summed E-state index contributed by atoms with van der Waals surface area (Å²) >= 11 is 0. The van der Waals surface area contributed by atoms with Crippen molar-refractivity contribution in [2.75, 3.05) is 14.7 Å². The standard InChI is InChI=1S/C64H64BN3O/c1-60(2,3)39-25-28-51-45(33-39)44-23-18-24-55-56(44)58-59(69-55)65-50-37-48-49(64(10,11)32-31-63(48,8)9)38-52(50)67(42-26-27-46-47(34-42)62(6,7)30-29-61(46,4)5)53-35-43(36-54(57(53)65)68(51)58)66(40-19-14-12-15-20-40)41-21-16-13-17-22-41/h12-28,33-38H,29-32H2,1-11H3. The fourth-order valence-electron chi connectivity index (χ4n) is 13.2. The molecule has 7 aromatic carbocycles. The molecule has 0 atom stereocenters. The number of rotatable bonds is 4. The lowest BCUT2D eigenvalue weighted by atomic mass is 9.35. The van der Waals surface area contributed by atoms with Gasteiger partial charge in [0, 0.05) is 39.7 Å². The SMILES string of the molecule is CC(C)(C)c1ccc2c(c1)-c1cccc3oc4c(c13)N2c1cc(N(c2ccccc2)c2ccccc2)cc2c1B4c1cc3c(cc1N2c1ccc2c(c1)C(C)(C)CCC2(C)C)C(C)(C)CCC3(C)C. The van der Waals surface area contributed by atoms with E-state index in [1.807, 2.05) is 0 Å². The summed E-state index contributed by atoms with van der Waals surface area (Å²) < 4.78 is 7.46. The average molecular weight is 902 g/mol. The summed E-state index contributed by atoms with van der Waals surface area (Å²) in [5, 5.41) is 1.20. The first-order chi connectivity index (χ1) is 32.8. The molecule has 5 aliphatic rings. The molecule has 0 radical (unpaired) electrons. The fourth-order valence-corrected chi connectivity index (χ4v) is 13.2. The number of anilines is 9. The minimum atomic E-state index is -0.141. The molecule has 5 heteroatoms. The zero-order valence-corrected chi connectivity index (χ0v) is 42.4. The van der Waals surface area contributed by atoms with Gasteiger partial charge < -0.3 is 19.1 Å². The third-order valence-electron chi connectivity index (χ3n) is 17.4. The molecule has 0 N–H and O–H groups in total. The lowest BCUT2D eigenvalue weighted by molar-refractivity contribution is 0.332. The van der Waals surface area contributed by atoms with Crippen LogP contribution < -0.4 is 31.3 Å². The van der Waals surface area contributed by atoms with Gasteiger partial charge in [-0.1, -0.05) is 143 Å². The second-order valence-electron chi connectivity index (χ2n) is 24.7. The van der Waals surface area contributed by atoms with Crippen molar-refractivity contribution in [3.05, 3.63) is 167 Å². The van der Waals surface area contributed by atoms with Crippen molar-refractivity contribution in [3.8, 4) is 11.1 Å². The summed E-state index contributed by atoms with van der Waals surface area (Å²) in [4.78, 5) is 7.72. The van der Waals surface area contributed by atoms with Crippen LogP contribution in [-0.4, -0.2) is 6.71 Å². The van der Waals surface area contributed by atoms with Crippen LogP contribution in [0.1, 0.15) is 130 Å². The van der Waals surface area contributed by atoms with Gasteiger partial charge in [0.25, 0.3) is 6.71 Å². The van der Waals surface area contributed by atoms with Gasteiger partial charge in [-0.05, 0) is 170 Å². The van der Waals surface area contributed by atoms with Crippen LogP contribution in [0.2, 0.25) is 0 Å². The maximum absolute atomic E-state index is 7.46. The first kappa shape index (κ1) is 42.6. The Morgan fingerprint density at radius 3 is 1.70 bits per heavy atom. The van der Waals surface area contributed by atoms with Crippen LogP contribution in [0.15, 0.2) is 144 Å². The number of furan rings is 1. The van der Waals surface area contributed by atoms with Gasteiger partial charge in [-0.2, -0.15) is 0 Å². The third-order valence-corrected chi connectivity index (χ3v) is 17.4. The highest BCUT2D eigenvalue weighted by Crippen LogP contribution is 2.58. The third kappa shape index (κ3) is 6.07. The average Bonchev–Trinajstić information content (AvgIpc) is 3.72. The molecule has 1 aromatic heterocycles. The van der Waals surface area contributed by atoms with Crippen LogP contribution in [-0.2, 0) is 27.1 Å². The number of hydrogen-bond acceptors (Lipinski definition) is 4. The number of para-hydroxylation sites is 2. The van der Waals surface area contributed by atoms with E-state index in [9.17, 15) is 0 Å². The Hall–Kier alpha value is -6.46. The molecule has 0 bridgehead atoms. The van der Waals surface area contributed by atoms with Crippen LogP contribution in [0.5, 0.6) is 0 Å². The summed E-state index contributed by atoms with van der Waals surface area (Å²) in [6, 6.07) is 53.5. The number of benzene rings is 7. The Labute approximate surface area is 410 Å². The minimum absolute atomic E-state index is 0.0113. The van der Waals surface area contributed by atoms with Crippen molar-refractivity contribution in [1.82, 2.24) is 0 Å². The molecule has 8 aromatic rings. The van der Waals surface area contributed by atoms with Crippen LogP contribution >= 0.6 is 0 Å². The van der Waals surface area contributed by atoms with Crippen LogP contribution in [0, 0.1) is 0 Å². The highest BCUT2D eigenvalue weighted by atomic mass is 16.3. The van der Waals surface area contributed by atoms with E-state index in [1.54, 1.807) is 0 Å². The molecule has 3 aliphatic heterocycles. The fraction of sp³-hybridized carbons (Fsp3) is 0.312. The smallest absolute Gasteiger partial charge is 0.297 e. The van der Waals surface area contributed by atoms with E-state index in [1.165, 1.54) is 95.8 Å². The Kier molecular flexibility index (Phi) is 8.70. The van der Waals surface area contributed by atoms with E-state index < -0.39 is 0 Å². The highest BCUT2D eigenvalue weighted by Gasteiger charge is 2.51. The molecule has 4 nitrogen and oxygen atoms in total. The summed E-state index contributed by atoms with van der Waals surface area (Å²) in [7, 11) is 0. The van der Waals surface area contributed by atoms with Gasteiger partial charge in [-0.15, -0.1) is 0 Å². The number of nitrogens with zero attached hydrogens (tertiary/aromatic N) is 3. The van der Waals surface area contributed by atoms with Gasteiger partial charge in [0.2, 0.25) is 0 Å². The van der Waals surface area contributed by atoms with E-state index >= 15 is 0 Å². The van der Waals surface area contributed by atoms with Gasteiger partial charge in [-0.25, -0.2) is 0 Å². The second-order valence-corrected chi connectivity index (χ2v) is 24.7. The maximum Gasteiger partial charge on any atom is 0.297 e. The summed E-state index contributed by atoms with van der Waals surface area (Å²) in [5.74, 6) is 0. The van der Waals surface area contributed by atoms with Crippen molar-refractivity contribution in [2.45, 2.75) is 129 Å². The van der Waals surface area contributed by atoms with Crippen molar-refractivity contribution in [1.29, 1.82) is 0 Å². The van der Waals surface area contributed by atoms with E-state index in [0.717, 1.165) is 47.6 Å². The highest BCUT2D eigenvalue weighted by molar-refractivity contribution is 7.00. The lowest BCUT2D eigenvalue weighted by Crippen LogP contribution is -2.61. The molecule has 4 heterocycles. The summed E-state index contributed by atoms with van der Waals surface area (Å²) in [5.41, 5.74) is 25.0. The van der Waals surface area contributed by atoms with E-state index in [2.05, 4.69) is 230 Å². The lowest BCUT2D eigenvalue weighted by Gasteiger charge is -2.48. The van der Waals surface area contributed by atoms with Gasteiger partial charge >= 0.3 is 0 Å². The van der Waals surface area contributed by atoms with Crippen LogP contribution in [0.25, 0.3) is 22.1 Å². The van der Waals surface area contributed by atoms with Crippen LogP contribution in [0.4, 0.5) is 51.2 Å². The van der Waals surface area contributed by atoms with Gasteiger partial charge in [0.05, 0.1) is 28.1 Å². The van der Waals surface area contributed by atoms with Gasteiger partial charge in [-0.3, -0.25) is 0 Å². The van der Waals surface area contributed by atoms with Crippen molar-refractivity contribution < 1.29 is 4.42 Å². The topological polar surface area (TPSA) is 22.9 Å². The Morgan fingerprint density at radius 2 is 1.07 bits per heavy atom. The Balaban J connectivity index is 1.19. The zero-order valence-electron chi connectivity index (χ0n) is 42.4.